The van der Waals surface area contributed by atoms with Crippen LogP contribution in [0.1, 0.15) is 38.3 Å². The fourth-order valence-corrected chi connectivity index (χ4v) is 5.20. The van der Waals surface area contributed by atoms with E-state index in [9.17, 15) is 14.7 Å². The molecule has 3 atom stereocenters. The van der Waals surface area contributed by atoms with Gasteiger partial charge in [-0.2, -0.15) is 0 Å². The second kappa shape index (κ2) is 8.25. The first kappa shape index (κ1) is 22.6. The number of fused-ring (bicyclic) bond motifs is 6. The Labute approximate surface area is 198 Å². The molecule has 1 saturated heterocycles. The van der Waals surface area contributed by atoms with E-state index in [4.69, 9.17) is 10.5 Å². The third kappa shape index (κ3) is 4.21. The first-order valence-corrected chi connectivity index (χ1v) is 11.7. The molecule has 1 saturated carbocycles. The van der Waals surface area contributed by atoms with Crippen LogP contribution in [-0.4, -0.2) is 58.8 Å². The number of carbonyl (C=O) groups is 2. The smallest absolute Gasteiger partial charge is 0.411 e. The summed E-state index contributed by atoms with van der Waals surface area (Å²) < 4.78 is 4.73. The number of likely N-dealkylation sites (tertiary alicyclic amines) is 1. The summed E-state index contributed by atoms with van der Waals surface area (Å²) in [6, 6.07) is 9.00. The third-order valence-corrected chi connectivity index (χ3v) is 7.20. The lowest BCUT2D eigenvalue weighted by Gasteiger charge is -2.45. The van der Waals surface area contributed by atoms with Gasteiger partial charge in [0.05, 0.1) is 37.0 Å². The number of benzene rings is 1. The van der Waals surface area contributed by atoms with Gasteiger partial charge in [-0.25, -0.2) is 4.79 Å². The van der Waals surface area contributed by atoms with Crippen LogP contribution in [0.5, 0.6) is 0 Å². The zero-order valence-electron chi connectivity index (χ0n) is 19.5. The molecule has 1 unspecified atom stereocenters. The van der Waals surface area contributed by atoms with Gasteiger partial charge in [0.2, 0.25) is 5.91 Å². The fourth-order valence-electron chi connectivity index (χ4n) is 5.20. The number of hydrogen-bond acceptors (Lipinski definition) is 7. The van der Waals surface area contributed by atoms with E-state index in [1.54, 1.807) is 24.1 Å². The van der Waals surface area contributed by atoms with Gasteiger partial charge < -0.3 is 25.8 Å². The van der Waals surface area contributed by atoms with Crippen molar-refractivity contribution in [2.75, 3.05) is 30.8 Å². The van der Waals surface area contributed by atoms with Crippen LogP contribution in [-0.2, 0) is 15.1 Å². The van der Waals surface area contributed by atoms with Crippen molar-refractivity contribution in [3.63, 3.8) is 0 Å². The first-order chi connectivity index (χ1) is 16.2. The summed E-state index contributed by atoms with van der Waals surface area (Å²) in [7, 11) is 1.31. The average Bonchev–Trinajstić information content (AvgIpc) is 3.46. The van der Waals surface area contributed by atoms with Crippen LogP contribution in [0, 0.1) is 5.92 Å². The minimum Gasteiger partial charge on any atom is -0.453 e. The highest BCUT2D eigenvalue weighted by atomic mass is 16.5. The molecule has 9 heteroatoms. The molecule has 9 nitrogen and oxygen atoms in total. The summed E-state index contributed by atoms with van der Waals surface area (Å²) in [6.45, 7) is 2.38. The molecule has 2 bridgehead atoms. The number of ether oxygens (including phenoxy) is 1. The van der Waals surface area contributed by atoms with Gasteiger partial charge in [-0.3, -0.25) is 15.1 Å². The molecular weight excluding hydrogens is 434 g/mol. The lowest BCUT2D eigenvalue weighted by Crippen LogP contribution is -2.64. The highest BCUT2D eigenvalue weighted by molar-refractivity contribution is 5.91. The molecule has 5 N–H and O–H groups in total. The van der Waals surface area contributed by atoms with Gasteiger partial charge in [0.15, 0.2) is 0 Å². The minimum atomic E-state index is -0.836. The van der Waals surface area contributed by atoms with Crippen molar-refractivity contribution in [1.29, 1.82) is 0 Å². The van der Waals surface area contributed by atoms with Crippen molar-refractivity contribution >= 4 is 23.4 Å². The first-order valence-electron chi connectivity index (χ1n) is 11.7. The van der Waals surface area contributed by atoms with Crippen LogP contribution in [0.4, 0.5) is 16.2 Å². The number of hydrogen-bond donors (Lipinski definition) is 4. The van der Waals surface area contributed by atoms with E-state index in [-0.39, 0.29) is 5.91 Å². The Kier molecular flexibility index (Phi) is 5.49. The number of methoxy groups -OCH3 is 1. The van der Waals surface area contributed by atoms with Crippen LogP contribution in [0.25, 0.3) is 11.1 Å². The number of β-amino-alcohol motifs (C(OH)–C–C–N with tert-alkyl or cyclic N) is 1. The van der Waals surface area contributed by atoms with E-state index in [1.165, 1.54) is 7.11 Å². The van der Waals surface area contributed by atoms with E-state index >= 15 is 0 Å². The molecule has 1 aromatic carbocycles. The Morgan fingerprint density at radius 3 is 2.79 bits per heavy atom. The van der Waals surface area contributed by atoms with E-state index in [0.29, 0.717) is 31.1 Å². The monoisotopic (exact) mass is 465 g/mol. The molecule has 1 aliphatic carbocycles. The molecule has 0 radical (unpaired) electrons. The van der Waals surface area contributed by atoms with Crippen LogP contribution in [0.2, 0.25) is 0 Å². The van der Waals surface area contributed by atoms with E-state index in [1.807, 2.05) is 24.3 Å². The molecule has 2 aromatic rings. The number of nitrogens with zero attached hydrogens (tertiary/aromatic N) is 2. The van der Waals surface area contributed by atoms with E-state index < -0.39 is 23.3 Å². The molecule has 34 heavy (non-hydrogen) atoms. The van der Waals surface area contributed by atoms with Gasteiger partial charge in [-0.1, -0.05) is 12.5 Å². The molecule has 2 fully saturated rings. The molecule has 5 rings (SSSR count). The van der Waals surface area contributed by atoms with E-state index in [0.717, 1.165) is 41.8 Å². The van der Waals surface area contributed by atoms with Gasteiger partial charge in [0.1, 0.15) is 6.04 Å². The van der Waals surface area contributed by atoms with Crippen molar-refractivity contribution in [3.05, 3.63) is 42.2 Å². The molecule has 180 valence electrons. The van der Waals surface area contributed by atoms with Gasteiger partial charge in [0.25, 0.3) is 0 Å². The van der Waals surface area contributed by atoms with Crippen molar-refractivity contribution in [2.45, 2.75) is 49.8 Å². The number of aromatic nitrogens is 1. The number of pyridine rings is 1. The SMILES string of the molecule is COC(=O)Nc1ccc2c(c1)N[C@@H](C(=O)N1CC(C)(O)C1)CCC[C@@H]1CC1(N)c1cc-2ccn1. The third-order valence-electron chi connectivity index (χ3n) is 7.20. The second-order valence-electron chi connectivity index (χ2n) is 10.1. The second-order valence-corrected chi connectivity index (χ2v) is 10.1. The number of rotatable bonds is 2. The van der Waals surface area contributed by atoms with Crippen molar-refractivity contribution < 1.29 is 19.4 Å². The van der Waals surface area contributed by atoms with Crippen molar-refractivity contribution in [1.82, 2.24) is 9.88 Å². The molecule has 3 heterocycles. The van der Waals surface area contributed by atoms with Gasteiger partial charge in [-0.05, 0) is 61.9 Å². The molecular formula is C25H31N5O4. The van der Waals surface area contributed by atoms with Crippen molar-refractivity contribution in [2.24, 2.45) is 11.7 Å². The summed E-state index contributed by atoms with van der Waals surface area (Å²) in [5.41, 5.74) is 9.42. The number of nitrogens with one attached hydrogen (secondary N) is 2. The number of nitrogens with two attached hydrogens (primary N) is 1. The molecule has 0 spiro atoms. The molecule has 2 amide bonds. The predicted octanol–water partition coefficient (Wildman–Crippen LogP) is 2.66. The lowest BCUT2D eigenvalue weighted by atomic mass is 9.93. The minimum absolute atomic E-state index is 0.0360. The maximum Gasteiger partial charge on any atom is 0.411 e. The quantitative estimate of drug-likeness (QED) is 0.536. The van der Waals surface area contributed by atoms with Gasteiger partial charge in [-0.15, -0.1) is 0 Å². The Balaban J connectivity index is 1.53. The average molecular weight is 466 g/mol. The Hall–Kier alpha value is -3.17. The normalized spacial score (nSPS) is 26.9. The topological polar surface area (TPSA) is 130 Å². The highest BCUT2D eigenvalue weighted by Crippen LogP contribution is 2.52. The zero-order chi connectivity index (χ0) is 24.1. The van der Waals surface area contributed by atoms with E-state index in [2.05, 4.69) is 15.6 Å². The van der Waals surface area contributed by atoms with Gasteiger partial charge >= 0.3 is 6.09 Å². The van der Waals surface area contributed by atoms with Crippen LogP contribution in [0.15, 0.2) is 36.5 Å². The molecule has 1 aromatic heterocycles. The maximum absolute atomic E-state index is 13.4. The number of anilines is 2. The number of carbonyl (C=O) groups excluding carboxylic acids is 2. The standard InChI is InChI=1S/C25H31N5O4/c1-24(33)13-30(14-24)22(31)19-5-3-4-16-12-25(16,26)21-10-15(8-9-27-21)18-7-6-17(11-20(18)29-19)28-23(32)34-2/h6-11,16,19,29,33H,3-5,12-14,26H2,1-2H3,(H,28,32)/t16-,19-,25?/m1/s1. The summed E-state index contributed by atoms with van der Waals surface area (Å²) >= 11 is 0. The largest absolute Gasteiger partial charge is 0.453 e. The fraction of sp³-hybridized carbons (Fsp3) is 0.480. The maximum atomic E-state index is 13.4. The van der Waals surface area contributed by atoms with Crippen molar-refractivity contribution in [3.8, 4) is 11.1 Å². The summed E-state index contributed by atoms with van der Waals surface area (Å²) in [5, 5.41) is 16.3. The van der Waals surface area contributed by atoms with Gasteiger partial charge in [0, 0.05) is 23.1 Å². The van der Waals surface area contributed by atoms with Crippen LogP contribution >= 0.6 is 0 Å². The predicted molar refractivity (Wildman–Crippen MR) is 128 cm³/mol. The zero-order valence-corrected chi connectivity index (χ0v) is 19.5. The Morgan fingerprint density at radius 2 is 2.06 bits per heavy atom. The Morgan fingerprint density at radius 1 is 1.26 bits per heavy atom. The number of amides is 2. The number of aliphatic hydroxyl groups is 1. The lowest BCUT2D eigenvalue weighted by molar-refractivity contribution is -0.153. The summed E-state index contributed by atoms with van der Waals surface area (Å²) in [5.74, 6) is 0.312. The summed E-state index contributed by atoms with van der Waals surface area (Å²) in [4.78, 5) is 31.4. The molecule has 2 aliphatic heterocycles. The van der Waals surface area contributed by atoms with Crippen LogP contribution in [0.3, 0.4) is 0 Å². The molecule has 3 aliphatic rings. The summed E-state index contributed by atoms with van der Waals surface area (Å²) in [6.07, 6.45) is 4.49. The Bertz CT molecular complexity index is 1130. The highest BCUT2D eigenvalue weighted by Gasteiger charge is 2.53. The van der Waals surface area contributed by atoms with Crippen LogP contribution < -0.4 is 16.4 Å².